The number of fused-ring (bicyclic) bond motifs is 1. The molecule has 1 aliphatic heterocycles. The van der Waals surface area contributed by atoms with E-state index in [2.05, 4.69) is 50.5 Å². The molecule has 1 atom stereocenters. The molecule has 3 aromatic rings. The Morgan fingerprint density at radius 1 is 1.00 bits per heavy atom. The van der Waals surface area contributed by atoms with Gasteiger partial charge in [-0.15, -0.1) is 0 Å². The average Bonchev–Trinajstić information content (AvgIpc) is 3.26. The highest BCUT2D eigenvalue weighted by Gasteiger charge is 2.25. The van der Waals surface area contributed by atoms with Crippen LogP contribution in [0.3, 0.4) is 0 Å². The first kappa shape index (κ1) is 22.7. The van der Waals surface area contributed by atoms with Gasteiger partial charge in [-0.3, -0.25) is 9.69 Å². The van der Waals surface area contributed by atoms with Crippen molar-refractivity contribution in [2.75, 3.05) is 18.4 Å². The molecule has 34 heavy (non-hydrogen) atoms. The van der Waals surface area contributed by atoms with Gasteiger partial charge in [0.1, 0.15) is 12.1 Å². The third-order valence-electron chi connectivity index (χ3n) is 7.17. The molecule has 6 nitrogen and oxygen atoms in total. The number of benzene rings is 2. The summed E-state index contributed by atoms with van der Waals surface area (Å²) in [6, 6.07) is 18.3. The van der Waals surface area contributed by atoms with Crippen molar-refractivity contribution in [1.82, 2.24) is 14.9 Å². The number of rotatable bonds is 8. The van der Waals surface area contributed by atoms with Gasteiger partial charge in [0.15, 0.2) is 5.78 Å². The summed E-state index contributed by atoms with van der Waals surface area (Å²) in [5.74, 6) is 1.58. The van der Waals surface area contributed by atoms with E-state index in [4.69, 9.17) is 0 Å². The Labute approximate surface area is 201 Å². The van der Waals surface area contributed by atoms with Gasteiger partial charge in [-0.25, -0.2) is 9.97 Å². The molecule has 2 heterocycles. The van der Waals surface area contributed by atoms with Gasteiger partial charge in [0.25, 0.3) is 0 Å². The summed E-state index contributed by atoms with van der Waals surface area (Å²) in [5.41, 5.74) is 4.70. The highest BCUT2D eigenvalue weighted by molar-refractivity contribution is 5.96. The van der Waals surface area contributed by atoms with Crippen LogP contribution < -0.4 is 5.32 Å². The maximum Gasteiger partial charge on any atom is 0.162 e. The summed E-state index contributed by atoms with van der Waals surface area (Å²) in [6.45, 7) is 3.24. The highest BCUT2D eigenvalue weighted by atomic mass is 16.3. The number of likely N-dealkylation sites (tertiary alicyclic amines) is 1. The summed E-state index contributed by atoms with van der Waals surface area (Å²) < 4.78 is 0. The number of carbonyl (C=O) groups excluding carboxylic acids is 1. The number of carbonyl (C=O) groups is 1. The van der Waals surface area contributed by atoms with Gasteiger partial charge in [-0.1, -0.05) is 30.3 Å². The number of aromatic nitrogens is 2. The van der Waals surface area contributed by atoms with Crippen LogP contribution in [0.5, 0.6) is 0 Å². The van der Waals surface area contributed by atoms with Gasteiger partial charge in [0.05, 0.1) is 11.8 Å². The number of aliphatic hydroxyl groups excluding tert-OH is 1. The van der Waals surface area contributed by atoms with Gasteiger partial charge in [0, 0.05) is 29.8 Å². The van der Waals surface area contributed by atoms with Gasteiger partial charge >= 0.3 is 0 Å². The second-order valence-electron chi connectivity index (χ2n) is 9.51. The van der Waals surface area contributed by atoms with E-state index in [0.717, 1.165) is 60.8 Å². The number of nitrogens with one attached hydrogen (secondary N) is 1. The van der Waals surface area contributed by atoms with Crippen LogP contribution in [0.4, 0.5) is 11.5 Å². The zero-order valence-corrected chi connectivity index (χ0v) is 19.5. The van der Waals surface area contributed by atoms with Crippen LogP contribution in [0.2, 0.25) is 0 Å². The number of piperidine rings is 1. The Morgan fingerprint density at radius 3 is 2.53 bits per heavy atom. The molecule has 0 amide bonds. The lowest BCUT2D eigenvalue weighted by Crippen LogP contribution is -2.33. The number of aliphatic hydroxyl groups is 1. The third-order valence-corrected chi connectivity index (χ3v) is 7.17. The number of Topliss-reactive ketones (excluding diaryl/α,β-unsaturated/α-hetero) is 1. The minimum atomic E-state index is -0.505. The van der Waals surface area contributed by atoms with Crippen molar-refractivity contribution < 1.29 is 9.90 Å². The smallest absolute Gasteiger partial charge is 0.162 e. The summed E-state index contributed by atoms with van der Waals surface area (Å²) in [6.07, 6.45) is 6.33. The lowest BCUT2D eigenvalue weighted by Gasteiger charge is -2.32. The fraction of sp³-hybridized carbons (Fsp3) is 0.393. The molecule has 2 aromatic carbocycles. The molecule has 176 valence electrons. The van der Waals surface area contributed by atoms with Crippen molar-refractivity contribution in [2.45, 2.75) is 51.2 Å². The first-order valence-electron chi connectivity index (χ1n) is 12.3. The molecule has 0 spiro atoms. The monoisotopic (exact) mass is 456 g/mol. The van der Waals surface area contributed by atoms with Crippen molar-refractivity contribution in [3.05, 3.63) is 83.3 Å². The molecule has 2 aliphatic rings. The lowest BCUT2D eigenvalue weighted by atomic mass is 9.90. The van der Waals surface area contributed by atoms with Crippen LogP contribution >= 0.6 is 0 Å². The number of ketones is 1. The van der Waals surface area contributed by atoms with Crippen molar-refractivity contribution in [2.24, 2.45) is 5.92 Å². The predicted molar refractivity (Wildman–Crippen MR) is 133 cm³/mol. The molecule has 0 saturated carbocycles. The molecule has 0 radical (unpaired) electrons. The summed E-state index contributed by atoms with van der Waals surface area (Å²) in [5, 5.41) is 13.3. The maximum absolute atomic E-state index is 12.8. The first-order valence-corrected chi connectivity index (χ1v) is 12.3. The van der Waals surface area contributed by atoms with Crippen molar-refractivity contribution in [1.29, 1.82) is 0 Å². The molecule has 1 aromatic heterocycles. The van der Waals surface area contributed by atoms with E-state index in [9.17, 15) is 9.90 Å². The largest absolute Gasteiger partial charge is 0.387 e. The second kappa shape index (κ2) is 10.5. The van der Waals surface area contributed by atoms with E-state index in [1.807, 2.05) is 24.3 Å². The molecule has 5 rings (SSSR count). The molecule has 2 N–H and O–H groups in total. The molecule has 1 saturated heterocycles. The van der Waals surface area contributed by atoms with Crippen molar-refractivity contribution in [3.63, 3.8) is 0 Å². The third kappa shape index (κ3) is 5.34. The summed E-state index contributed by atoms with van der Waals surface area (Å²) in [7, 11) is 0. The Bertz CT molecular complexity index is 1110. The topological polar surface area (TPSA) is 78.4 Å². The van der Waals surface area contributed by atoms with Crippen LogP contribution in [-0.4, -0.2) is 38.8 Å². The fourth-order valence-corrected chi connectivity index (χ4v) is 5.12. The first-order chi connectivity index (χ1) is 16.7. The Balaban J connectivity index is 1.09. The molecule has 1 aliphatic carbocycles. The van der Waals surface area contributed by atoms with Crippen molar-refractivity contribution in [3.8, 4) is 0 Å². The molecule has 1 fully saturated rings. The minimum absolute atomic E-state index is 0.212. The van der Waals surface area contributed by atoms with Crippen molar-refractivity contribution >= 4 is 17.3 Å². The Hall–Kier alpha value is -3.09. The van der Waals surface area contributed by atoms with Crippen LogP contribution in [0, 0.1) is 5.92 Å². The SMILES string of the molecule is O=C(CCC1CCN(Cc2ccccc2)CC1)c1ccc(Nc2ncnc3c2CCC3O)cc1. The van der Waals surface area contributed by atoms with Gasteiger partial charge in [-0.2, -0.15) is 0 Å². The molecular weight excluding hydrogens is 424 g/mol. The van der Waals surface area contributed by atoms with Gasteiger partial charge in [-0.05, 0) is 80.9 Å². The predicted octanol–water partition coefficient (Wildman–Crippen LogP) is 5.07. The summed E-state index contributed by atoms with van der Waals surface area (Å²) >= 11 is 0. The van der Waals surface area contributed by atoms with E-state index in [0.29, 0.717) is 18.8 Å². The van der Waals surface area contributed by atoms with Crippen LogP contribution in [0.25, 0.3) is 0 Å². The van der Waals surface area contributed by atoms with Gasteiger partial charge < -0.3 is 10.4 Å². The molecule has 0 bridgehead atoms. The zero-order valence-electron chi connectivity index (χ0n) is 19.5. The quantitative estimate of drug-likeness (QED) is 0.461. The lowest BCUT2D eigenvalue weighted by molar-refractivity contribution is 0.0961. The van der Waals surface area contributed by atoms with E-state index >= 15 is 0 Å². The maximum atomic E-state index is 12.8. The van der Waals surface area contributed by atoms with E-state index in [1.165, 1.54) is 24.7 Å². The fourth-order valence-electron chi connectivity index (χ4n) is 5.12. The summed E-state index contributed by atoms with van der Waals surface area (Å²) in [4.78, 5) is 23.9. The van der Waals surface area contributed by atoms with Gasteiger partial charge in [0.2, 0.25) is 0 Å². The Kier molecular flexibility index (Phi) is 6.97. The zero-order chi connectivity index (χ0) is 23.3. The second-order valence-corrected chi connectivity index (χ2v) is 9.51. The standard InChI is InChI=1S/C28H32N4O2/c33-25(12-6-20-14-16-32(17-15-20)18-21-4-2-1-3-5-21)22-7-9-23(10-8-22)31-28-24-11-13-26(34)27(24)29-19-30-28/h1-5,7-10,19-20,26,34H,6,11-18H2,(H,29,30,31). The highest BCUT2D eigenvalue weighted by Crippen LogP contribution is 2.34. The van der Waals surface area contributed by atoms with Crippen LogP contribution in [0.1, 0.15) is 65.4 Å². The number of hydrogen-bond donors (Lipinski definition) is 2. The molecular formula is C28H32N4O2. The van der Waals surface area contributed by atoms with Crippen LogP contribution in [0.15, 0.2) is 60.9 Å². The van der Waals surface area contributed by atoms with E-state index in [1.54, 1.807) is 0 Å². The molecule has 1 unspecified atom stereocenters. The number of hydrogen-bond acceptors (Lipinski definition) is 6. The van der Waals surface area contributed by atoms with E-state index in [-0.39, 0.29) is 5.78 Å². The normalized spacial score (nSPS) is 18.6. The minimum Gasteiger partial charge on any atom is -0.387 e. The van der Waals surface area contributed by atoms with E-state index < -0.39 is 6.10 Å². The number of anilines is 2. The average molecular weight is 457 g/mol. The van der Waals surface area contributed by atoms with Crippen LogP contribution in [-0.2, 0) is 13.0 Å². The molecule has 6 heteroatoms. The Morgan fingerprint density at radius 2 is 1.76 bits per heavy atom. The number of nitrogens with zero attached hydrogens (tertiary/aromatic N) is 3.